The van der Waals surface area contributed by atoms with E-state index >= 15 is 0 Å². The van der Waals surface area contributed by atoms with Gasteiger partial charge >= 0.3 is 0 Å². The number of benzene rings is 1. The lowest BCUT2D eigenvalue weighted by Gasteiger charge is -2.20. The van der Waals surface area contributed by atoms with E-state index in [0.29, 0.717) is 5.56 Å². The molecule has 0 saturated heterocycles. The zero-order chi connectivity index (χ0) is 9.90. The van der Waals surface area contributed by atoms with Gasteiger partial charge in [-0.05, 0) is 38.1 Å². The van der Waals surface area contributed by atoms with Crippen LogP contribution < -0.4 is 5.32 Å². The zero-order valence-electron chi connectivity index (χ0n) is 7.70. The second-order valence-corrected chi connectivity index (χ2v) is 4.49. The first-order valence-electron chi connectivity index (χ1n) is 4.02. The molecule has 68 valence electrons. The molecule has 0 aliphatic heterocycles. The minimum atomic E-state index is -0.242. The third-order valence-corrected chi connectivity index (χ3v) is 1.58. The molecular weight excluding hydrogens is 180 g/mol. The first kappa shape index (κ1) is 9.94. The van der Waals surface area contributed by atoms with Crippen LogP contribution in [0.2, 0.25) is 0 Å². The predicted octanol–water partition coefficient (Wildman–Crippen LogP) is 2.64. The van der Waals surface area contributed by atoms with Crippen molar-refractivity contribution in [2.45, 2.75) is 18.7 Å². The van der Waals surface area contributed by atoms with E-state index < -0.39 is 0 Å². The molecule has 3 heteroatoms. The second kappa shape index (κ2) is 3.71. The Labute approximate surface area is 84.0 Å². The van der Waals surface area contributed by atoms with E-state index in [4.69, 9.17) is 5.26 Å². The molecule has 0 radical (unpaired) electrons. The Morgan fingerprint density at radius 2 is 1.85 bits per heavy atom. The lowest BCUT2D eigenvalue weighted by atomic mass is 10.2. The van der Waals surface area contributed by atoms with Gasteiger partial charge in [-0.2, -0.15) is 17.9 Å². The zero-order valence-corrected chi connectivity index (χ0v) is 8.60. The molecule has 0 aliphatic rings. The summed E-state index contributed by atoms with van der Waals surface area (Å²) in [4.78, 5) is -0.242. The van der Waals surface area contributed by atoms with Gasteiger partial charge in [0.15, 0.2) is 0 Å². The van der Waals surface area contributed by atoms with Crippen LogP contribution in [0.3, 0.4) is 0 Å². The van der Waals surface area contributed by atoms with E-state index in [-0.39, 0.29) is 4.87 Å². The molecule has 1 aromatic rings. The molecule has 0 saturated carbocycles. The second-order valence-electron chi connectivity index (χ2n) is 3.37. The average molecular weight is 192 g/mol. The smallest absolute Gasteiger partial charge is 0.0991 e. The average Bonchev–Trinajstić information content (AvgIpc) is 2.03. The molecule has 13 heavy (non-hydrogen) atoms. The molecule has 0 atom stereocenters. The van der Waals surface area contributed by atoms with E-state index in [2.05, 4.69) is 24.0 Å². The summed E-state index contributed by atoms with van der Waals surface area (Å²) in [5.41, 5.74) is 1.64. The predicted molar refractivity (Wildman–Crippen MR) is 57.8 cm³/mol. The van der Waals surface area contributed by atoms with Crippen LogP contribution in [0.25, 0.3) is 0 Å². The third-order valence-electron chi connectivity index (χ3n) is 1.46. The lowest BCUT2D eigenvalue weighted by Crippen LogP contribution is -2.22. The van der Waals surface area contributed by atoms with Crippen molar-refractivity contribution < 1.29 is 0 Å². The van der Waals surface area contributed by atoms with Crippen molar-refractivity contribution in [3.05, 3.63) is 29.8 Å². The summed E-state index contributed by atoms with van der Waals surface area (Å²) in [5.74, 6) is 0. The fraction of sp³-hybridized carbons (Fsp3) is 0.300. The van der Waals surface area contributed by atoms with Crippen LogP contribution in [0, 0.1) is 11.3 Å². The van der Waals surface area contributed by atoms with Crippen LogP contribution in [0.5, 0.6) is 0 Å². The summed E-state index contributed by atoms with van der Waals surface area (Å²) in [6.07, 6.45) is 0. The Kier molecular flexibility index (Phi) is 2.84. The Bertz CT molecular complexity index is 316. The van der Waals surface area contributed by atoms with E-state index in [0.717, 1.165) is 5.69 Å². The summed E-state index contributed by atoms with van der Waals surface area (Å²) < 4.78 is 0. The topological polar surface area (TPSA) is 35.8 Å². The molecule has 1 aromatic carbocycles. The van der Waals surface area contributed by atoms with E-state index in [1.807, 2.05) is 26.0 Å². The molecule has 0 aliphatic carbocycles. The van der Waals surface area contributed by atoms with E-state index in [1.54, 1.807) is 12.1 Å². The van der Waals surface area contributed by atoms with Gasteiger partial charge in [-0.25, -0.2) is 0 Å². The van der Waals surface area contributed by atoms with Crippen molar-refractivity contribution in [1.82, 2.24) is 0 Å². The number of hydrogen-bond acceptors (Lipinski definition) is 3. The molecule has 1 N–H and O–H groups in total. The van der Waals surface area contributed by atoms with Crippen LogP contribution in [0.4, 0.5) is 5.69 Å². The third kappa shape index (κ3) is 3.39. The number of nitrogens with zero attached hydrogens (tertiary/aromatic N) is 1. The Hall–Kier alpha value is -1.14. The fourth-order valence-corrected chi connectivity index (χ4v) is 1.11. The summed E-state index contributed by atoms with van der Waals surface area (Å²) >= 11 is 4.34. The molecule has 0 amide bonds. The van der Waals surface area contributed by atoms with Gasteiger partial charge < -0.3 is 5.32 Å². The molecule has 1 rings (SSSR count). The van der Waals surface area contributed by atoms with Crippen molar-refractivity contribution in [1.29, 1.82) is 5.26 Å². The minimum absolute atomic E-state index is 0.242. The highest BCUT2D eigenvalue weighted by atomic mass is 32.1. The molecular formula is C10H12N2S. The van der Waals surface area contributed by atoms with Gasteiger partial charge in [-0.3, -0.25) is 0 Å². The van der Waals surface area contributed by atoms with Gasteiger partial charge in [0.25, 0.3) is 0 Å². The van der Waals surface area contributed by atoms with Gasteiger partial charge in [0, 0.05) is 5.69 Å². The lowest BCUT2D eigenvalue weighted by molar-refractivity contribution is 0.831. The standard InChI is InChI=1S/C10H12N2S/c1-10(2,13)12-9-5-3-8(7-11)4-6-9/h3-6,12-13H,1-2H3. The summed E-state index contributed by atoms with van der Waals surface area (Å²) in [7, 11) is 0. The molecule has 0 bridgehead atoms. The number of anilines is 1. The molecule has 0 aromatic heterocycles. The van der Waals surface area contributed by atoms with Crippen molar-refractivity contribution >= 4 is 18.3 Å². The molecule has 0 unspecified atom stereocenters. The molecule has 0 fully saturated rings. The maximum absolute atomic E-state index is 8.58. The number of nitrogens with one attached hydrogen (secondary N) is 1. The van der Waals surface area contributed by atoms with Gasteiger partial charge in [0.1, 0.15) is 0 Å². The van der Waals surface area contributed by atoms with Crippen molar-refractivity contribution in [3.63, 3.8) is 0 Å². The first-order chi connectivity index (χ1) is 6.01. The normalized spacial score (nSPS) is 10.6. The van der Waals surface area contributed by atoms with E-state index in [9.17, 15) is 0 Å². The maximum Gasteiger partial charge on any atom is 0.0991 e. The highest BCUT2D eigenvalue weighted by Gasteiger charge is 2.09. The van der Waals surface area contributed by atoms with Gasteiger partial charge in [0.05, 0.1) is 16.5 Å². The van der Waals surface area contributed by atoms with Crippen LogP contribution in [-0.4, -0.2) is 4.87 Å². The van der Waals surface area contributed by atoms with Crippen LogP contribution >= 0.6 is 12.6 Å². The summed E-state index contributed by atoms with van der Waals surface area (Å²) in [6, 6.07) is 9.37. The monoisotopic (exact) mass is 192 g/mol. The number of rotatable bonds is 2. The van der Waals surface area contributed by atoms with E-state index in [1.165, 1.54) is 0 Å². The van der Waals surface area contributed by atoms with Gasteiger partial charge in [-0.1, -0.05) is 0 Å². The molecule has 0 spiro atoms. The largest absolute Gasteiger partial charge is 0.371 e. The summed E-state index contributed by atoms with van der Waals surface area (Å²) in [6.45, 7) is 3.93. The van der Waals surface area contributed by atoms with Crippen LogP contribution in [0.1, 0.15) is 19.4 Å². The Morgan fingerprint density at radius 1 is 1.31 bits per heavy atom. The Morgan fingerprint density at radius 3 is 2.23 bits per heavy atom. The SMILES string of the molecule is CC(C)(S)Nc1ccc(C#N)cc1. The number of hydrogen-bond donors (Lipinski definition) is 2. The van der Waals surface area contributed by atoms with Crippen molar-refractivity contribution in [3.8, 4) is 6.07 Å². The fourth-order valence-electron chi connectivity index (χ4n) is 0.981. The van der Waals surface area contributed by atoms with Crippen LogP contribution in [0.15, 0.2) is 24.3 Å². The molecule has 0 heterocycles. The van der Waals surface area contributed by atoms with Crippen molar-refractivity contribution in [2.24, 2.45) is 0 Å². The number of nitriles is 1. The number of thiol groups is 1. The summed E-state index contributed by atoms with van der Waals surface area (Å²) in [5, 5.41) is 11.8. The van der Waals surface area contributed by atoms with Gasteiger partial charge in [0.2, 0.25) is 0 Å². The van der Waals surface area contributed by atoms with Gasteiger partial charge in [-0.15, -0.1) is 0 Å². The Balaban J connectivity index is 2.77. The van der Waals surface area contributed by atoms with Crippen LogP contribution in [-0.2, 0) is 0 Å². The minimum Gasteiger partial charge on any atom is -0.371 e. The highest BCUT2D eigenvalue weighted by molar-refractivity contribution is 7.81. The maximum atomic E-state index is 8.58. The highest BCUT2D eigenvalue weighted by Crippen LogP contribution is 2.17. The van der Waals surface area contributed by atoms with Crippen molar-refractivity contribution in [2.75, 3.05) is 5.32 Å². The molecule has 2 nitrogen and oxygen atoms in total. The quantitative estimate of drug-likeness (QED) is 0.558. The first-order valence-corrected chi connectivity index (χ1v) is 4.47.